The summed E-state index contributed by atoms with van der Waals surface area (Å²) in [7, 11) is 0. The van der Waals surface area contributed by atoms with Gasteiger partial charge in [0.1, 0.15) is 18.6 Å². The summed E-state index contributed by atoms with van der Waals surface area (Å²) >= 11 is 0. The van der Waals surface area contributed by atoms with Crippen molar-refractivity contribution in [2.75, 3.05) is 18.4 Å². The first-order valence-corrected chi connectivity index (χ1v) is 7.24. The highest BCUT2D eigenvalue weighted by molar-refractivity contribution is 5.76. The van der Waals surface area contributed by atoms with Gasteiger partial charge in [-0.3, -0.25) is 19.6 Å². The molecule has 3 heterocycles. The van der Waals surface area contributed by atoms with Crippen LogP contribution in [0.25, 0.3) is 0 Å². The van der Waals surface area contributed by atoms with Crippen molar-refractivity contribution in [3.05, 3.63) is 46.9 Å². The maximum Gasteiger partial charge on any atom is 0.287 e. The third kappa shape index (κ3) is 3.62. The Labute approximate surface area is 132 Å². The summed E-state index contributed by atoms with van der Waals surface area (Å²) in [6.07, 6.45) is 5.42. The molecule has 0 aromatic carbocycles. The maximum absolute atomic E-state index is 12.2. The van der Waals surface area contributed by atoms with Gasteiger partial charge in [-0.2, -0.15) is 5.10 Å². The number of nitrogens with zero attached hydrogens (tertiary/aromatic N) is 5. The standard InChI is InChI=1S/C14H16N6O3/c21-14(10-19-6-1-5-16-19)18-7-4-11(9-18)17-13-3-2-12(8-15-13)20(22)23/h1-3,5-6,8,11H,4,7,9-10H2,(H,15,17). The molecule has 1 aliphatic rings. The second-order valence-electron chi connectivity index (χ2n) is 5.33. The van der Waals surface area contributed by atoms with E-state index in [1.54, 1.807) is 34.1 Å². The Morgan fingerprint density at radius 1 is 1.48 bits per heavy atom. The SMILES string of the molecule is O=C(Cn1cccn1)N1CCC(Nc2ccc([N+](=O)[O-])cn2)C1. The Morgan fingerprint density at radius 3 is 3.00 bits per heavy atom. The number of hydrogen-bond acceptors (Lipinski definition) is 6. The van der Waals surface area contributed by atoms with Crippen molar-refractivity contribution >= 4 is 17.4 Å². The molecule has 1 unspecified atom stereocenters. The molecule has 0 spiro atoms. The number of likely N-dealkylation sites (tertiary alicyclic amines) is 1. The monoisotopic (exact) mass is 316 g/mol. The van der Waals surface area contributed by atoms with Crippen molar-refractivity contribution < 1.29 is 9.72 Å². The minimum atomic E-state index is -0.484. The van der Waals surface area contributed by atoms with Crippen molar-refractivity contribution in [2.24, 2.45) is 0 Å². The molecule has 23 heavy (non-hydrogen) atoms. The Bertz CT molecular complexity index is 685. The van der Waals surface area contributed by atoms with Crippen LogP contribution in [-0.4, -0.2) is 49.6 Å². The normalized spacial score (nSPS) is 17.2. The average molecular weight is 316 g/mol. The zero-order valence-electron chi connectivity index (χ0n) is 12.3. The van der Waals surface area contributed by atoms with E-state index in [-0.39, 0.29) is 24.2 Å². The van der Waals surface area contributed by atoms with E-state index in [1.807, 2.05) is 0 Å². The zero-order valence-corrected chi connectivity index (χ0v) is 12.3. The second kappa shape index (κ2) is 6.42. The topological polar surface area (TPSA) is 106 Å². The molecule has 2 aromatic rings. The van der Waals surface area contributed by atoms with Crippen molar-refractivity contribution in [3.63, 3.8) is 0 Å². The predicted octanol–water partition coefficient (Wildman–Crippen LogP) is 0.899. The molecule has 2 aromatic heterocycles. The summed E-state index contributed by atoms with van der Waals surface area (Å²) < 4.78 is 1.60. The third-order valence-electron chi connectivity index (χ3n) is 3.71. The van der Waals surface area contributed by atoms with Gasteiger partial charge in [0.25, 0.3) is 5.69 Å². The van der Waals surface area contributed by atoms with E-state index < -0.39 is 4.92 Å². The highest BCUT2D eigenvalue weighted by Gasteiger charge is 2.26. The Hall–Kier alpha value is -2.97. The Kier molecular flexibility index (Phi) is 4.18. The number of anilines is 1. The summed E-state index contributed by atoms with van der Waals surface area (Å²) in [6, 6.07) is 4.85. The van der Waals surface area contributed by atoms with Crippen molar-refractivity contribution in [1.29, 1.82) is 0 Å². The fourth-order valence-corrected chi connectivity index (χ4v) is 2.53. The third-order valence-corrected chi connectivity index (χ3v) is 3.71. The lowest BCUT2D eigenvalue weighted by Crippen LogP contribution is -2.34. The molecule has 1 aliphatic heterocycles. The highest BCUT2D eigenvalue weighted by Crippen LogP contribution is 2.17. The number of carbonyl (C=O) groups excluding carboxylic acids is 1. The number of aromatic nitrogens is 3. The Morgan fingerprint density at radius 2 is 2.35 bits per heavy atom. The van der Waals surface area contributed by atoms with Crippen molar-refractivity contribution in [3.8, 4) is 0 Å². The van der Waals surface area contributed by atoms with Crippen LogP contribution in [0, 0.1) is 10.1 Å². The lowest BCUT2D eigenvalue weighted by Gasteiger charge is -2.17. The minimum Gasteiger partial charge on any atom is -0.365 e. The molecule has 1 saturated heterocycles. The first-order valence-electron chi connectivity index (χ1n) is 7.24. The van der Waals surface area contributed by atoms with Crippen LogP contribution in [0.3, 0.4) is 0 Å². The van der Waals surface area contributed by atoms with Gasteiger partial charge in [-0.25, -0.2) is 4.98 Å². The van der Waals surface area contributed by atoms with Crippen LogP contribution in [0.4, 0.5) is 11.5 Å². The number of carbonyl (C=O) groups is 1. The molecule has 1 atom stereocenters. The van der Waals surface area contributed by atoms with E-state index >= 15 is 0 Å². The lowest BCUT2D eigenvalue weighted by molar-refractivity contribution is -0.385. The zero-order chi connectivity index (χ0) is 16.2. The van der Waals surface area contributed by atoms with E-state index in [1.165, 1.54) is 12.3 Å². The second-order valence-corrected chi connectivity index (χ2v) is 5.33. The van der Waals surface area contributed by atoms with Gasteiger partial charge in [0.2, 0.25) is 5.91 Å². The minimum absolute atomic E-state index is 0.0228. The van der Waals surface area contributed by atoms with Crippen LogP contribution in [0.2, 0.25) is 0 Å². The Balaban J connectivity index is 1.53. The molecule has 1 N–H and O–H groups in total. The van der Waals surface area contributed by atoms with E-state index in [9.17, 15) is 14.9 Å². The van der Waals surface area contributed by atoms with Crippen LogP contribution >= 0.6 is 0 Å². The van der Waals surface area contributed by atoms with Crippen molar-refractivity contribution in [1.82, 2.24) is 19.7 Å². The van der Waals surface area contributed by atoms with Crippen LogP contribution in [-0.2, 0) is 11.3 Å². The first-order chi connectivity index (χ1) is 11.1. The summed E-state index contributed by atoms with van der Waals surface area (Å²) in [6.45, 7) is 1.49. The first kappa shape index (κ1) is 14.9. The highest BCUT2D eigenvalue weighted by atomic mass is 16.6. The molecule has 0 radical (unpaired) electrons. The predicted molar refractivity (Wildman–Crippen MR) is 81.7 cm³/mol. The van der Waals surface area contributed by atoms with Crippen LogP contribution in [0.5, 0.6) is 0 Å². The van der Waals surface area contributed by atoms with Crippen molar-refractivity contribution in [2.45, 2.75) is 19.0 Å². The maximum atomic E-state index is 12.2. The van der Waals surface area contributed by atoms with Gasteiger partial charge in [-0.1, -0.05) is 0 Å². The molecule has 3 rings (SSSR count). The summed E-state index contributed by atoms with van der Waals surface area (Å²) in [5.74, 6) is 0.594. The quantitative estimate of drug-likeness (QED) is 0.649. The smallest absolute Gasteiger partial charge is 0.287 e. The molecule has 0 aliphatic carbocycles. The summed E-state index contributed by atoms with van der Waals surface area (Å²) in [5.41, 5.74) is -0.0435. The van der Waals surface area contributed by atoms with E-state index in [0.29, 0.717) is 18.9 Å². The van der Waals surface area contributed by atoms with E-state index in [4.69, 9.17) is 0 Å². The molecule has 0 saturated carbocycles. The largest absolute Gasteiger partial charge is 0.365 e. The number of nitro groups is 1. The molecule has 0 bridgehead atoms. The van der Waals surface area contributed by atoms with Crippen LogP contribution < -0.4 is 5.32 Å². The number of rotatable bonds is 5. The number of hydrogen-bond donors (Lipinski definition) is 1. The van der Waals surface area contributed by atoms with Gasteiger partial charge in [-0.15, -0.1) is 0 Å². The van der Waals surface area contributed by atoms with Crippen LogP contribution in [0.15, 0.2) is 36.8 Å². The molecular weight excluding hydrogens is 300 g/mol. The molecule has 1 fully saturated rings. The number of pyridine rings is 1. The summed E-state index contributed by atoms with van der Waals surface area (Å²) in [4.78, 5) is 28.1. The summed E-state index contributed by atoms with van der Waals surface area (Å²) in [5, 5.41) is 17.8. The van der Waals surface area contributed by atoms with Gasteiger partial charge in [-0.05, 0) is 18.6 Å². The van der Waals surface area contributed by atoms with Gasteiger partial charge in [0.15, 0.2) is 0 Å². The van der Waals surface area contributed by atoms with E-state index in [0.717, 1.165) is 6.42 Å². The molecule has 1 amide bonds. The van der Waals surface area contributed by atoms with Crippen LogP contribution in [0.1, 0.15) is 6.42 Å². The van der Waals surface area contributed by atoms with E-state index in [2.05, 4.69) is 15.4 Å². The fraction of sp³-hybridized carbons (Fsp3) is 0.357. The van der Waals surface area contributed by atoms with Gasteiger partial charge < -0.3 is 10.2 Å². The van der Waals surface area contributed by atoms with Gasteiger partial charge in [0.05, 0.1) is 4.92 Å². The molecular formula is C14H16N6O3. The molecule has 120 valence electrons. The number of nitrogens with one attached hydrogen (secondary N) is 1. The molecule has 9 heteroatoms. The number of amides is 1. The van der Waals surface area contributed by atoms with Gasteiger partial charge in [0, 0.05) is 37.6 Å². The average Bonchev–Trinajstić information content (AvgIpc) is 3.19. The lowest BCUT2D eigenvalue weighted by atomic mass is 10.2. The molecule has 9 nitrogen and oxygen atoms in total. The van der Waals surface area contributed by atoms with Gasteiger partial charge >= 0.3 is 0 Å². The fourth-order valence-electron chi connectivity index (χ4n) is 2.53.